The lowest BCUT2D eigenvalue weighted by Gasteiger charge is -2.07. The minimum atomic E-state index is -2.91. The summed E-state index contributed by atoms with van der Waals surface area (Å²) < 4.78 is 35.9. The molecule has 23 heavy (non-hydrogen) atoms. The van der Waals surface area contributed by atoms with Crippen LogP contribution in [-0.4, -0.2) is 21.4 Å². The molecule has 0 fully saturated rings. The van der Waals surface area contributed by atoms with Crippen LogP contribution in [-0.2, 0) is 13.7 Å². The number of hydrogen-bond acceptors (Lipinski definition) is 4. The van der Waals surface area contributed by atoms with Gasteiger partial charge in [0.2, 0.25) is 5.88 Å². The molecule has 8 heteroatoms. The van der Waals surface area contributed by atoms with E-state index in [0.717, 1.165) is 5.39 Å². The fraction of sp³-hybridized carbons (Fsp3) is 0.200. The molecule has 3 rings (SSSR count). The predicted octanol–water partition coefficient (Wildman–Crippen LogP) is 3.80. The largest absolute Gasteiger partial charge is 0.487 e. The highest BCUT2D eigenvalue weighted by Gasteiger charge is 2.08. The average Bonchev–Trinajstić information content (AvgIpc) is 2.83. The van der Waals surface area contributed by atoms with E-state index in [9.17, 15) is 8.78 Å². The molecule has 0 aliphatic rings. The van der Waals surface area contributed by atoms with Gasteiger partial charge in [-0.15, -0.1) is 0 Å². The van der Waals surface area contributed by atoms with Crippen LogP contribution in [0.2, 0.25) is 5.15 Å². The molecule has 0 atom stereocenters. The summed E-state index contributed by atoms with van der Waals surface area (Å²) in [4.78, 5) is 4.03. The van der Waals surface area contributed by atoms with Crippen LogP contribution < -0.4 is 9.47 Å². The first-order chi connectivity index (χ1) is 11.0. The van der Waals surface area contributed by atoms with Gasteiger partial charge in [-0.2, -0.15) is 13.9 Å². The molecular weight excluding hydrogens is 328 g/mol. The lowest BCUT2D eigenvalue weighted by Crippen LogP contribution is -2.03. The summed E-state index contributed by atoms with van der Waals surface area (Å²) in [6.45, 7) is -2.67. The highest BCUT2D eigenvalue weighted by atomic mass is 35.5. The Hall–Kier alpha value is -2.41. The molecule has 1 aromatic carbocycles. The van der Waals surface area contributed by atoms with Gasteiger partial charge in [0, 0.05) is 30.6 Å². The van der Waals surface area contributed by atoms with Crippen LogP contribution >= 0.6 is 11.6 Å². The Morgan fingerprint density at radius 1 is 1.22 bits per heavy atom. The first kappa shape index (κ1) is 15.5. The number of fused-ring (bicyclic) bond motifs is 1. The molecule has 0 radical (unpaired) electrons. The number of aryl methyl sites for hydroxylation is 1. The number of halogens is 3. The maximum Gasteiger partial charge on any atom is 0.388 e. The summed E-state index contributed by atoms with van der Waals surface area (Å²) in [6, 6.07) is 9.96. The van der Waals surface area contributed by atoms with Crippen LogP contribution in [0.15, 0.2) is 36.4 Å². The Morgan fingerprint density at radius 2 is 2.00 bits per heavy atom. The maximum absolute atomic E-state index is 12.2. The van der Waals surface area contributed by atoms with Gasteiger partial charge in [-0.1, -0.05) is 11.6 Å². The number of pyridine rings is 1. The molecule has 0 N–H and O–H groups in total. The van der Waals surface area contributed by atoms with Gasteiger partial charge in [0.1, 0.15) is 23.2 Å². The first-order valence-electron chi connectivity index (χ1n) is 6.68. The lowest BCUT2D eigenvalue weighted by atomic mass is 10.2. The minimum Gasteiger partial charge on any atom is -0.487 e. The van der Waals surface area contributed by atoms with Crippen molar-refractivity contribution < 1.29 is 18.3 Å². The van der Waals surface area contributed by atoms with E-state index in [4.69, 9.17) is 16.3 Å². The summed E-state index contributed by atoms with van der Waals surface area (Å²) in [5.74, 6) is 0.405. The van der Waals surface area contributed by atoms with Gasteiger partial charge in [-0.3, -0.25) is 4.68 Å². The van der Waals surface area contributed by atoms with Crippen molar-refractivity contribution >= 4 is 22.5 Å². The molecule has 0 bridgehead atoms. The number of ether oxygens (including phenoxy) is 2. The smallest absolute Gasteiger partial charge is 0.388 e. The van der Waals surface area contributed by atoms with Gasteiger partial charge in [0.05, 0.1) is 5.52 Å². The van der Waals surface area contributed by atoms with Crippen molar-refractivity contribution in [1.29, 1.82) is 0 Å². The minimum absolute atomic E-state index is 0.138. The van der Waals surface area contributed by atoms with Crippen molar-refractivity contribution in [3.05, 3.63) is 47.2 Å². The lowest BCUT2D eigenvalue weighted by molar-refractivity contribution is -0.0526. The van der Waals surface area contributed by atoms with Crippen molar-refractivity contribution in [3.63, 3.8) is 0 Å². The van der Waals surface area contributed by atoms with Gasteiger partial charge in [-0.05, 0) is 18.2 Å². The van der Waals surface area contributed by atoms with E-state index in [-0.39, 0.29) is 12.5 Å². The van der Waals surface area contributed by atoms with E-state index in [1.54, 1.807) is 37.4 Å². The molecular formula is C15H12ClF2N3O2. The highest BCUT2D eigenvalue weighted by Crippen LogP contribution is 2.23. The number of nitrogens with zero attached hydrogens (tertiary/aromatic N) is 3. The van der Waals surface area contributed by atoms with Crippen LogP contribution in [0.4, 0.5) is 8.78 Å². The zero-order chi connectivity index (χ0) is 16.4. The maximum atomic E-state index is 12.2. The van der Waals surface area contributed by atoms with Gasteiger partial charge < -0.3 is 9.47 Å². The molecule has 0 amide bonds. The third kappa shape index (κ3) is 3.68. The van der Waals surface area contributed by atoms with Crippen LogP contribution in [0.1, 0.15) is 5.69 Å². The van der Waals surface area contributed by atoms with Crippen molar-refractivity contribution in [2.24, 2.45) is 7.05 Å². The van der Waals surface area contributed by atoms with Crippen LogP contribution in [0.3, 0.4) is 0 Å². The summed E-state index contributed by atoms with van der Waals surface area (Å²) in [5.41, 5.74) is 1.18. The Bertz CT molecular complexity index is 819. The third-order valence-corrected chi connectivity index (χ3v) is 3.46. The Labute approximate surface area is 135 Å². The zero-order valence-electron chi connectivity index (χ0n) is 12.0. The number of aromatic nitrogens is 3. The molecule has 0 saturated carbocycles. The van der Waals surface area contributed by atoms with E-state index >= 15 is 0 Å². The van der Waals surface area contributed by atoms with Gasteiger partial charge >= 0.3 is 6.61 Å². The molecule has 0 unspecified atom stereocenters. The second kappa shape index (κ2) is 6.37. The summed E-state index contributed by atoms with van der Waals surface area (Å²) in [5, 5.41) is 5.48. The van der Waals surface area contributed by atoms with Gasteiger partial charge in [0.25, 0.3) is 0 Å². The highest BCUT2D eigenvalue weighted by molar-refractivity contribution is 6.29. The zero-order valence-corrected chi connectivity index (χ0v) is 12.8. The van der Waals surface area contributed by atoms with Crippen molar-refractivity contribution in [3.8, 4) is 11.6 Å². The Kier molecular flexibility index (Phi) is 4.29. The Morgan fingerprint density at radius 3 is 2.70 bits per heavy atom. The molecule has 2 aromatic heterocycles. The Balaban J connectivity index is 1.78. The average molecular weight is 340 g/mol. The molecule has 0 spiro atoms. The monoisotopic (exact) mass is 339 g/mol. The van der Waals surface area contributed by atoms with Crippen molar-refractivity contribution in [1.82, 2.24) is 14.8 Å². The van der Waals surface area contributed by atoms with E-state index < -0.39 is 6.61 Å². The summed E-state index contributed by atoms with van der Waals surface area (Å²) in [6.07, 6.45) is 0. The molecule has 2 heterocycles. The quantitative estimate of drug-likeness (QED) is 0.709. The topological polar surface area (TPSA) is 49.2 Å². The second-order valence-corrected chi connectivity index (χ2v) is 5.14. The van der Waals surface area contributed by atoms with E-state index in [2.05, 4.69) is 14.8 Å². The number of rotatable bonds is 5. The van der Waals surface area contributed by atoms with Crippen LogP contribution in [0.5, 0.6) is 11.6 Å². The molecule has 0 aliphatic carbocycles. The molecule has 0 aliphatic heterocycles. The molecule has 5 nitrogen and oxygen atoms in total. The van der Waals surface area contributed by atoms with Crippen LogP contribution in [0.25, 0.3) is 10.9 Å². The number of benzene rings is 1. The number of alkyl halides is 2. The fourth-order valence-electron chi connectivity index (χ4n) is 2.05. The fourth-order valence-corrected chi connectivity index (χ4v) is 2.22. The third-order valence-electron chi connectivity index (χ3n) is 3.11. The van der Waals surface area contributed by atoms with E-state index in [1.165, 1.54) is 10.7 Å². The first-order valence-corrected chi connectivity index (χ1v) is 7.06. The van der Waals surface area contributed by atoms with Crippen LogP contribution in [0, 0.1) is 0 Å². The van der Waals surface area contributed by atoms with Crippen molar-refractivity contribution in [2.75, 3.05) is 0 Å². The normalized spacial score (nSPS) is 11.2. The summed E-state index contributed by atoms with van der Waals surface area (Å²) >= 11 is 5.91. The summed E-state index contributed by atoms with van der Waals surface area (Å²) in [7, 11) is 1.73. The molecule has 0 saturated heterocycles. The van der Waals surface area contributed by atoms with Gasteiger partial charge in [0.15, 0.2) is 0 Å². The standard InChI is InChI=1S/C15H12ClF2N3O2/c1-21-13(16)6-10(20-21)8-22-11-4-2-9-3-5-14(23-15(17)18)19-12(9)7-11/h2-7,15H,8H2,1H3. The predicted molar refractivity (Wildman–Crippen MR) is 80.9 cm³/mol. The van der Waals surface area contributed by atoms with E-state index in [0.29, 0.717) is 22.1 Å². The molecule has 120 valence electrons. The second-order valence-electron chi connectivity index (χ2n) is 4.75. The SMILES string of the molecule is Cn1nc(COc2ccc3ccc(OC(F)F)nc3c2)cc1Cl. The van der Waals surface area contributed by atoms with E-state index in [1.807, 2.05) is 0 Å². The van der Waals surface area contributed by atoms with Crippen molar-refractivity contribution in [2.45, 2.75) is 13.2 Å². The number of hydrogen-bond donors (Lipinski definition) is 0. The molecule has 3 aromatic rings. The van der Waals surface area contributed by atoms with Gasteiger partial charge in [-0.25, -0.2) is 4.98 Å².